The number of nitrogens with one attached hydrogen (secondary N) is 2. The third-order valence-corrected chi connectivity index (χ3v) is 4.25. The lowest BCUT2D eigenvalue weighted by molar-refractivity contribution is 0.627. The first kappa shape index (κ1) is 15.4. The minimum atomic E-state index is -0.263. The van der Waals surface area contributed by atoms with Gasteiger partial charge in [-0.15, -0.1) is 5.10 Å². The average Bonchev–Trinajstić information content (AvgIpc) is 3.13. The summed E-state index contributed by atoms with van der Waals surface area (Å²) in [5.41, 5.74) is 3.30. The summed E-state index contributed by atoms with van der Waals surface area (Å²) in [5.74, 6) is 1.35. The van der Waals surface area contributed by atoms with E-state index in [1.807, 2.05) is 24.3 Å². The molecule has 0 bridgehead atoms. The van der Waals surface area contributed by atoms with Crippen LogP contribution in [0.1, 0.15) is 5.56 Å². The number of aromatic nitrogens is 6. The van der Waals surface area contributed by atoms with Crippen LogP contribution in [0.15, 0.2) is 54.7 Å². The van der Waals surface area contributed by atoms with Crippen LogP contribution < -0.4 is 10.6 Å². The number of anilines is 3. The molecule has 5 rings (SSSR count). The summed E-state index contributed by atoms with van der Waals surface area (Å²) in [7, 11) is 0. The first-order valence-corrected chi connectivity index (χ1v) is 8.28. The molecule has 27 heavy (non-hydrogen) atoms. The maximum atomic E-state index is 13.0. The Hall–Kier alpha value is -3.88. The minimum absolute atomic E-state index is 0.263. The van der Waals surface area contributed by atoms with Gasteiger partial charge in [-0.1, -0.05) is 24.3 Å². The number of fused-ring (bicyclic) bond motifs is 5. The van der Waals surface area contributed by atoms with Gasteiger partial charge in [0.25, 0.3) is 0 Å². The van der Waals surface area contributed by atoms with Crippen molar-refractivity contribution in [1.29, 1.82) is 0 Å². The van der Waals surface area contributed by atoms with Crippen molar-refractivity contribution in [1.82, 2.24) is 30.2 Å². The first-order chi connectivity index (χ1) is 13.3. The zero-order valence-electron chi connectivity index (χ0n) is 14.0. The second kappa shape index (κ2) is 6.13. The first-order valence-electron chi connectivity index (χ1n) is 8.28. The summed E-state index contributed by atoms with van der Waals surface area (Å²) in [6.45, 7) is 0.480. The van der Waals surface area contributed by atoms with Crippen molar-refractivity contribution in [3.8, 4) is 17.1 Å². The van der Waals surface area contributed by atoms with Crippen LogP contribution >= 0.6 is 0 Å². The van der Waals surface area contributed by atoms with Gasteiger partial charge in [0.05, 0.1) is 16.9 Å². The van der Waals surface area contributed by atoms with Crippen molar-refractivity contribution in [2.45, 2.75) is 6.54 Å². The Kier molecular flexibility index (Phi) is 3.49. The van der Waals surface area contributed by atoms with E-state index in [2.05, 4.69) is 36.1 Å². The second-order valence-corrected chi connectivity index (χ2v) is 5.99. The number of hydrogen-bond acceptors (Lipinski definition) is 7. The summed E-state index contributed by atoms with van der Waals surface area (Å²) in [6.07, 6.45) is 1.68. The van der Waals surface area contributed by atoms with E-state index in [1.165, 1.54) is 12.1 Å². The van der Waals surface area contributed by atoms with E-state index < -0.39 is 0 Å². The quantitative estimate of drug-likeness (QED) is 0.511. The Labute approximate surface area is 153 Å². The standard InChI is InChI=1S/C18H13FN8/c19-12-7-5-11(6-8-12)9-20-18-21-10-13-16(23-18)22-14-3-1-2-4-15(14)27-17(13)24-25-26-27/h1-8,10H,9H2,(H2,20,21,22,23). The Bertz CT molecular complexity index is 1120. The van der Waals surface area contributed by atoms with Crippen molar-refractivity contribution >= 4 is 17.5 Å². The number of halogens is 1. The maximum absolute atomic E-state index is 13.0. The van der Waals surface area contributed by atoms with Gasteiger partial charge in [0.1, 0.15) is 11.6 Å². The molecule has 2 aromatic heterocycles. The fourth-order valence-electron chi connectivity index (χ4n) is 2.92. The minimum Gasteiger partial charge on any atom is -0.350 e. The number of hydrogen-bond donors (Lipinski definition) is 2. The zero-order valence-corrected chi connectivity index (χ0v) is 14.0. The van der Waals surface area contributed by atoms with Gasteiger partial charge in [0.2, 0.25) is 5.95 Å². The van der Waals surface area contributed by atoms with Crippen LogP contribution in [0.2, 0.25) is 0 Å². The predicted molar refractivity (Wildman–Crippen MR) is 97.2 cm³/mol. The van der Waals surface area contributed by atoms with Gasteiger partial charge in [0, 0.05) is 12.7 Å². The molecule has 0 saturated heterocycles. The van der Waals surface area contributed by atoms with Crippen molar-refractivity contribution in [3.05, 3.63) is 66.1 Å². The van der Waals surface area contributed by atoms with Crippen LogP contribution in [0.3, 0.4) is 0 Å². The highest BCUT2D eigenvalue weighted by molar-refractivity contribution is 5.81. The highest BCUT2D eigenvalue weighted by Gasteiger charge is 2.23. The number of nitrogens with zero attached hydrogens (tertiary/aromatic N) is 6. The number of tetrazole rings is 1. The SMILES string of the molecule is Fc1ccc(CNc2ncc3c(n2)Nc2ccccc2-n2nnnc2-3)cc1. The molecule has 0 atom stereocenters. The lowest BCUT2D eigenvalue weighted by Gasteiger charge is -2.10. The largest absolute Gasteiger partial charge is 0.350 e. The maximum Gasteiger partial charge on any atom is 0.224 e. The van der Waals surface area contributed by atoms with Crippen molar-refractivity contribution < 1.29 is 4.39 Å². The molecular weight excluding hydrogens is 347 g/mol. The van der Waals surface area contributed by atoms with Crippen LogP contribution in [0.4, 0.5) is 21.8 Å². The van der Waals surface area contributed by atoms with Crippen molar-refractivity contribution in [3.63, 3.8) is 0 Å². The molecule has 0 unspecified atom stereocenters. The molecule has 0 aliphatic carbocycles. The van der Waals surface area contributed by atoms with Crippen LogP contribution in [0, 0.1) is 5.82 Å². The Morgan fingerprint density at radius 1 is 1.07 bits per heavy atom. The zero-order chi connectivity index (χ0) is 18.2. The molecule has 1 aliphatic heterocycles. The van der Waals surface area contributed by atoms with Crippen LogP contribution in [-0.4, -0.2) is 30.2 Å². The summed E-state index contributed by atoms with van der Waals surface area (Å²) in [6, 6.07) is 14.0. The molecule has 0 spiro atoms. The van der Waals surface area contributed by atoms with Gasteiger partial charge >= 0.3 is 0 Å². The van der Waals surface area contributed by atoms with E-state index in [9.17, 15) is 4.39 Å². The third kappa shape index (κ3) is 2.74. The fourth-order valence-corrected chi connectivity index (χ4v) is 2.92. The fraction of sp³-hybridized carbons (Fsp3) is 0.0556. The Morgan fingerprint density at radius 2 is 1.93 bits per heavy atom. The number of benzene rings is 2. The molecule has 9 heteroatoms. The summed E-state index contributed by atoms with van der Waals surface area (Å²) < 4.78 is 14.7. The molecule has 8 nitrogen and oxygen atoms in total. The van der Waals surface area contributed by atoms with Gasteiger partial charge in [0.15, 0.2) is 5.82 Å². The van der Waals surface area contributed by atoms with Crippen LogP contribution in [-0.2, 0) is 6.54 Å². The Balaban J connectivity index is 1.49. The van der Waals surface area contributed by atoms with E-state index >= 15 is 0 Å². The Morgan fingerprint density at radius 3 is 2.81 bits per heavy atom. The average molecular weight is 360 g/mol. The van der Waals surface area contributed by atoms with Gasteiger partial charge < -0.3 is 10.6 Å². The normalized spacial score (nSPS) is 11.6. The monoisotopic (exact) mass is 360 g/mol. The molecule has 132 valence electrons. The summed E-state index contributed by atoms with van der Waals surface area (Å²) in [4.78, 5) is 8.93. The van der Waals surface area contributed by atoms with E-state index in [-0.39, 0.29) is 5.82 Å². The van der Waals surface area contributed by atoms with Crippen molar-refractivity contribution in [2.75, 3.05) is 10.6 Å². The smallest absolute Gasteiger partial charge is 0.224 e. The van der Waals surface area contributed by atoms with E-state index in [4.69, 9.17) is 0 Å². The molecule has 0 amide bonds. The van der Waals surface area contributed by atoms with E-state index in [0.717, 1.165) is 16.9 Å². The van der Waals surface area contributed by atoms with Gasteiger partial charge in [-0.2, -0.15) is 9.67 Å². The molecule has 0 saturated carbocycles. The van der Waals surface area contributed by atoms with Gasteiger partial charge in [-0.3, -0.25) is 0 Å². The third-order valence-electron chi connectivity index (χ3n) is 4.25. The molecule has 1 aliphatic rings. The van der Waals surface area contributed by atoms with Crippen LogP contribution in [0.5, 0.6) is 0 Å². The molecule has 2 aromatic carbocycles. The lowest BCUT2D eigenvalue weighted by atomic mass is 10.2. The predicted octanol–water partition coefficient (Wildman–Crippen LogP) is 2.93. The highest BCUT2D eigenvalue weighted by Crippen LogP contribution is 2.35. The lowest BCUT2D eigenvalue weighted by Crippen LogP contribution is -2.06. The molecule has 3 heterocycles. The second-order valence-electron chi connectivity index (χ2n) is 5.99. The molecule has 2 N–H and O–H groups in total. The number of rotatable bonds is 3. The summed E-state index contributed by atoms with van der Waals surface area (Å²) >= 11 is 0. The molecular formula is C18H13FN8. The molecule has 4 aromatic rings. The van der Waals surface area contributed by atoms with Crippen molar-refractivity contribution in [2.24, 2.45) is 0 Å². The van der Waals surface area contributed by atoms with Gasteiger partial charge in [-0.05, 0) is 40.3 Å². The molecule has 0 radical (unpaired) electrons. The van der Waals surface area contributed by atoms with Crippen LogP contribution in [0.25, 0.3) is 17.1 Å². The van der Waals surface area contributed by atoms with E-state index in [1.54, 1.807) is 23.0 Å². The topological polar surface area (TPSA) is 93.4 Å². The number of para-hydroxylation sites is 2. The summed E-state index contributed by atoms with van der Waals surface area (Å²) in [5, 5.41) is 18.4. The van der Waals surface area contributed by atoms with Gasteiger partial charge in [-0.25, -0.2) is 9.37 Å². The van der Waals surface area contributed by atoms with E-state index in [0.29, 0.717) is 29.7 Å². The highest BCUT2D eigenvalue weighted by atomic mass is 19.1. The molecule has 0 fully saturated rings.